The summed E-state index contributed by atoms with van der Waals surface area (Å²) in [6.45, 7) is 8.02. The van der Waals surface area contributed by atoms with Gasteiger partial charge in [0.15, 0.2) is 0 Å². The van der Waals surface area contributed by atoms with Gasteiger partial charge in [-0.1, -0.05) is 124 Å². The average molecular weight is 853 g/mol. The van der Waals surface area contributed by atoms with E-state index in [1.807, 2.05) is 136 Å². The summed E-state index contributed by atoms with van der Waals surface area (Å²) < 4.78 is 0. The molecule has 0 saturated carbocycles. The lowest BCUT2D eigenvalue weighted by Crippen LogP contribution is -2.20. The number of carbonyl (C=O) groups excluding carboxylic acids is 3. The van der Waals surface area contributed by atoms with Gasteiger partial charge in [-0.2, -0.15) is 11.8 Å². The van der Waals surface area contributed by atoms with Crippen LogP contribution in [0.15, 0.2) is 146 Å². The molecule has 0 aliphatic carbocycles. The van der Waals surface area contributed by atoms with Gasteiger partial charge in [0.05, 0.1) is 5.75 Å². The van der Waals surface area contributed by atoms with Crippen molar-refractivity contribution < 1.29 is 14.4 Å². The number of nitrogens with zero attached hydrogens (tertiary/aromatic N) is 3. The van der Waals surface area contributed by atoms with Crippen LogP contribution in [-0.4, -0.2) is 44.7 Å². The maximum Gasteiger partial charge on any atom is 0.235 e. The number of anilines is 3. The molecule has 63 heavy (non-hydrogen) atoms. The van der Waals surface area contributed by atoms with Gasteiger partial charge in [-0.25, -0.2) is 15.0 Å². The number of amides is 3. The van der Waals surface area contributed by atoms with Crippen LogP contribution >= 0.6 is 11.8 Å². The highest BCUT2D eigenvalue weighted by Gasteiger charge is 2.12. The van der Waals surface area contributed by atoms with E-state index >= 15 is 0 Å². The Morgan fingerprint density at radius 2 is 0.873 bits per heavy atom. The summed E-state index contributed by atoms with van der Waals surface area (Å²) in [6, 6.07) is 40.2. The van der Waals surface area contributed by atoms with Gasteiger partial charge in [0, 0.05) is 64.3 Å². The quantitative estimate of drug-likeness (QED) is 0.117. The van der Waals surface area contributed by atoms with Crippen LogP contribution in [0.5, 0.6) is 0 Å². The number of thioether (sulfide) groups is 1. The van der Waals surface area contributed by atoms with Gasteiger partial charge in [-0.05, 0) is 91.4 Å². The van der Waals surface area contributed by atoms with Gasteiger partial charge >= 0.3 is 0 Å². The minimum atomic E-state index is -0.0480. The first-order valence-electron chi connectivity index (χ1n) is 20.6. The second-order valence-corrected chi connectivity index (χ2v) is 15.3. The molecular formula is C53H52N6O3S. The molecule has 1 unspecified atom stereocenters. The Morgan fingerprint density at radius 1 is 0.508 bits per heavy atom. The highest BCUT2D eigenvalue weighted by Crippen LogP contribution is 2.12. The van der Waals surface area contributed by atoms with Crippen LogP contribution in [0.1, 0.15) is 80.3 Å². The number of aromatic nitrogens is 3. The molecule has 3 heterocycles. The van der Waals surface area contributed by atoms with Crippen molar-refractivity contribution in [2.24, 2.45) is 11.8 Å². The maximum absolute atomic E-state index is 11.9. The summed E-state index contributed by atoms with van der Waals surface area (Å²) in [5, 5.41) is 8.33. The molecule has 3 aromatic heterocycles. The number of hydrogen-bond donors (Lipinski definition) is 3. The Labute approximate surface area is 376 Å². The highest BCUT2D eigenvalue weighted by atomic mass is 32.2. The number of nitrogens with one attached hydrogen (secondary N) is 3. The van der Waals surface area contributed by atoms with E-state index in [2.05, 4.69) is 73.3 Å². The molecule has 0 aliphatic heterocycles. The number of carbonyl (C=O) groups is 3. The Hall–Kier alpha value is -7.45. The third-order valence-corrected chi connectivity index (χ3v) is 9.04. The van der Waals surface area contributed by atoms with Crippen molar-refractivity contribution in [1.82, 2.24) is 15.0 Å². The number of rotatable bonds is 10. The maximum atomic E-state index is 11.9. The highest BCUT2D eigenvalue weighted by molar-refractivity contribution is 7.99. The van der Waals surface area contributed by atoms with Gasteiger partial charge in [-0.3, -0.25) is 14.4 Å². The standard InChI is InChI=1S/C19H20N2O.C18H18N2O.C16H14N2OS/c1-3-7-15(2)19(22)21-18-13-12-17(14-20-18)11-10-16-8-5-4-6-9-16;1-14(2)12-18(21)20-17-11-10-16(13-19-17)9-8-15-6-4-3-5-7-15;1-20-12-16(19)18-15-10-9-14(11-17-15)8-7-13-5-3-2-4-6-13/h4-6,8-9,12-15H,3,7H2,1-2H3,(H,20,21,22);3-7,10-11,13-14H,12H2,1-2H3,(H,19,20,21);2-6,9-11H,12H2,1H3,(H,17,18,19). The molecule has 0 saturated heterocycles. The van der Waals surface area contributed by atoms with E-state index in [1.165, 1.54) is 11.8 Å². The van der Waals surface area contributed by atoms with Crippen molar-refractivity contribution in [2.45, 2.75) is 47.0 Å². The fourth-order valence-corrected chi connectivity index (χ4v) is 5.65. The SMILES string of the molecule is CC(C)CC(=O)Nc1ccc(C#Cc2ccccc2)cn1.CCCC(C)C(=O)Nc1ccc(C#Cc2ccccc2)cn1.CSCC(=O)Nc1ccc(C#Cc2ccccc2)cn1. The Balaban J connectivity index is 0.000000208. The van der Waals surface area contributed by atoms with Crippen LogP contribution in [0.2, 0.25) is 0 Å². The van der Waals surface area contributed by atoms with Crippen molar-refractivity contribution in [2.75, 3.05) is 28.0 Å². The Bertz CT molecular complexity index is 2520. The zero-order valence-electron chi connectivity index (χ0n) is 36.3. The Kier molecular flexibility index (Phi) is 21.0. The second-order valence-electron chi connectivity index (χ2n) is 14.5. The number of benzene rings is 3. The largest absolute Gasteiger partial charge is 0.311 e. The first-order valence-corrected chi connectivity index (χ1v) is 22.0. The van der Waals surface area contributed by atoms with Crippen LogP contribution in [0.4, 0.5) is 17.5 Å². The fraction of sp³-hybridized carbons (Fsp3) is 0.208. The lowest BCUT2D eigenvalue weighted by molar-refractivity contribution is -0.119. The second kappa shape index (κ2) is 27.4. The summed E-state index contributed by atoms with van der Waals surface area (Å²) in [5.41, 5.74) is 5.35. The molecule has 10 heteroatoms. The van der Waals surface area contributed by atoms with Crippen molar-refractivity contribution in [3.8, 4) is 35.5 Å². The lowest BCUT2D eigenvalue weighted by Gasteiger charge is -2.10. The van der Waals surface area contributed by atoms with E-state index in [4.69, 9.17) is 0 Å². The molecule has 0 radical (unpaired) electrons. The molecule has 0 aliphatic rings. The van der Waals surface area contributed by atoms with Gasteiger partial charge in [0.25, 0.3) is 0 Å². The van der Waals surface area contributed by atoms with Crippen molar-refractivity contribution >= 4 is 46.9 Å². The monoisotopic (exact) mass is 852 g/mol. The van der Waals surface area contributed by atoms with Crippen molar-refractivity contribution in [3.05, 3.63) is 179 Å². The van der Waals surface area contributed by atoms with E-state index in [1.54, 1.807) is 36.8 Å². The molecule has 3 aromatic carbocycles. The molecule has 318 valence electrons. The van der Waals surface area contributed by atoms with Crippen LogP contribution in [0.25, 0.3) is 0 Å². The third kappa shape index (κ3) is 19.7. The molecule has 3 N–H and O–H groups in total. The van der Waals surface area contributed by atoms with Crippen LogP contribution in [0.3, 0.4) is 0 Å². The summed E-state index contributed by atoms with van der Waals surface area (Å²) in [6.07, 6.45) is 9.26. The van der Waals surface area contributed by atoms with E-state index < -0.39 is 0 Å². The molecule has 9 nitrogen and oxygen atoms in total. The van der Waals surface area contributed by atoms with Crippen LogP contribution in [-0.2, 0) is 14.4 Å². The summed E-state index contributed by atoms with van der Waals surface area (Å²) in [4.78, 5) is 47.6. The smallest absolute Gasteiger partial charge is 0.235 e. The number of pyridine rings is 3. The Morgan fingerprint density at radius 3 is 1.21 bits per heavy atom. The summed E-state index contributed by atoms with van der Waals surface area (Å²) >= 11 is 1.48. The van der Waals surface area contributed by atoms with E-state index in [9.17, 15) is 14.4 Å². The first-order chi connectivity index (χ1) is 30.6. The van der Waals surface area contributed by atoms with Crippen molar-refractivity contribution in [3.63, 3.8) is 0 Å². The lowest BCUT2D eigenvalue weighted by atomic mass is 10.1. The fourth-order valence-electron chi connectivity index (χ4n) is 5.31. The molecule has 3 amide bonds. The van der Waals surface area contributed by atoms with E-state index in [0.29, 0.717) is 35.5 Å². The van der Waals surface area contributed by atoms with Gasteiger partial charge in [0.2, 0.25) is 17.7 Å². The van der Waals surface area contributed by atoms with Crippen LogP contribution in [0, 0.1) is 47.4 Å². The van der Waals surface area contributed by atoms with Crippen LogP contribution < -0.4 is 16.0 Å². The topological polar surface area (TPSA) is 126 Å². The first kappa shape index (κ1) is 48.2. The van der Waals surface area contributed by atoms with Crippen molar-refractivity contribution in [1.29, 1.82) is 0 Å². The summed E-state index contributed by atoms with van der Waals surface area (Å²) in [7, 11) is 0. The molecular weight excluding hydrogens is 801 g/mol. The zero-order chi connectivity index (χ0) is 45.1. The molecule has 6 aromatic rings. The minimum absolute atomic E-state index is 0.00403. The van der Waals surface area contributed by atoms with E-state index in [-0.39, 0.29) is 23.6 Å². The molecule has 0 bridgehead atoms. The van der Waals surface area contributed by atoms with Gasteiger partial charge in [0.1, 0.15) is 17.5 Å². The third-order valence-electron chi connectivity index (χ3n) is 8.49. The minimum Gasteiger partial charge on any atom is -0.311 e. The average Bonchev–Trinajstić information content (AvgIpc) is 3.30. The molecule has 6 rings (SSSR count). The predicted octanol–water partition coefficient (Wildman–Crippen LogP) is 10.1. The van der Waals surface area contributed by atoms with Gasteiger partial charge in [-0.15, -0.1) is 0 Å². The molecule has 1 atom stereocenters. The number of hydrogen-bond acceptors (Lipinski definition) is 7. The molecule has 0 fully saturated rings. The summed E-state index contributed by atoms with van der Waals surface area (Å²) in [5.74, 6) is 20.8. The van der Waals surface area contributed by atoms with Gasteiger partial charge < -0.3 is 16.0 Å². The normalized spacial score (nSPS) is 10.2. The molecule has 0 spiro atoms. The predicted molar refractivity (Wildman–Crippen MR) is 258 cm³/mol. The van der Waals surface area contributed by atoms with E-state index in [0.717, 1.165) is 46.2 Å². The zero-order valence-corrected chi connectivity index (χ0v) is 37.1.